The predicted molar refractivity (Wildman–Crippen MR) is 90.4 cm³/mol. The first kappa shape index (κ1) is 17.7. The van der Waals surface area contributed by atoms with Gasteiger partial charge in [0, 0.05) is 5.56 Å². The zero-order valence-corrected chi connectivity index (χ0v) is 14.5. The summed E-state index contributed by atoms with van der Waals surface area (Å²) in [6.07, 6.45) is -3.41. The summed E-state index contributed by atoms with van der Waals surface area (Å²) < 4.78 is 53.0. The van der Waals surface area contributed by atoms with Crippen molar-refractivity contribution in [1.29, 1.82) is 0 Å². The summed E-state index contributed by atoms with van der Waals surface area (Å²) in [6, 6.07) is 5.16. The Kier molecular flexibility index (Phi) is 4.03. The molecule has 1 fully saturated rings. The van der Waals surface area contributed by atoms with Crippen molar-refractivity contribution in [2.45, 2.75) is 6.18 Å². The number of carbonyl (C=O) groups is 2. The minimum atomic E-state index is -4.65. The van der Waals surface area contributed by atoms with Crippen LogP contribution in [0.2, 0.25) is 0 Å². The van der Waals surface area contributed by atoms with Crippen molar-refractivity contribution in [3.05, 3.63) is 45.7 Å². The highest BCUT2D eigenvalue weighted by molar-refractivity contribution is 8.18. The lowest BCUT2D eigenvalue weighted by atomic mass is 10.1. The lowest BCUT2D eigenvalue weighted by Gasteiger charge is -2.02. The third-order valence-electron chi connectivity index (χ3n) is 3.51. The maximum Gasteiger partial charge on any atom is 0.445 e. The molecule has 12 heteroatoms. The van der Waals surface area contributed by atoms with Gasteiger partial charge in [0.15, 0.2) is 0 Å². The average Bonchev–Trinajstić information content (AvgIpc) is 3.22. The first-order valence-electron chi connectivity index (χ1n) is 7.20. The summed E-state index contributed by atoms with van der Waals surface area (Å²) in [4.78, 5) is 27.3. The molecular formula is C15H6F4N4O2S2. The van der Waals surface area contributed by atoms with Crippen LogP contribution in [0.5, 0.6) is 0 Å². The number of hydrogen-bond donors (Lipinski definition) is 1. The second-order valence-electron chi connectivity index (χ2n) is 5.30. The Labute approximate surface area is 155 Å². The van der Waals surface area contributed by atoms with Gasteiger partial charge in [0.05, 0.1) is 16.3 Å². The second kappa shape index (κ2) is 6.16. The first-order valence-corrected chi connectivity index (χ1v) is 8.83. The zero-order valence-electron chi connectivity index (χ0n) is 12.9. The van der Waals surface area contributed by atoms with E-state index in [0.29, 0.717) is 28.7 Å². The Hall–Kier alpha value is -2.73. The lowest BCUT2D eigenvalue weighted by Crippen LogP contribution is -2.17. The number of hydrogen-bond acceptors (Lipinski definition) is 6. The fourth-order valence-electron chi connectivity index (χ4n) is 2.37. The minimum absolute atomic E-state index is 0.00767. The molecule has 3 heterocycles. The number of alkyl halides is 3. The second-order valence-corrected chi connectivity index (χ2v) is 7.27. The minimum Gasteiger partial charge on any atom is -0.282 e. The van der Waals surface area contributed by atoms with E-state index >= 15 is 0 Å². The van der Waals surface area contributed by atoms with Crippen LogP contribution in [0.25, 0.3) is 22.3 Å². The molecule has 0 atom stereocenters. The summed E-state index contributed by atoms with van der Waals surface area (Å²) in [7, 11) is 0. The van der Waals surface area contributed by atoms with Crippen molar-refractivity contribution in [2.24, 2.45) is 0 Å². The highest BCUT2D eigenvalue weighted by Gasteiger charge is 2.37. The van der Waals surface area contributed by atoms with Crippen molar-refractivity contribution in [3.8, 4) is 11.3 Å². The Balaban J connectivity index is 1.93. The number of nitrogens with one attached hydrogen (secondary N) is 1. The number of amides is 2. The van der Waals surface area contributed by atoms with Crippen LogP contribution in [0.4, 0.5) is 22.4 Å². The molecule has 0 unspecified atom stereocenters. The first-order chi connectivity index (χ1) is 12.7. The molecule has 3 aromatic rings. The van der Waals surface area contributed by atoms with Gasteiger partial charge in [-0.15, -0.1) is 5.10 Å². The van der Waals surface area contributed by atoms with Crippen LogP contribution in [0.1, 0.15) is 10.7 Å². The molecule has 1 aliphatic heterocycles. The van der Waals surface area contributed by atoms with Crippen LogP contribution in [0.3, 0.4) is 0 Å². The number of rotatable bonds is 2. The number of benzene rings is 1. The number of imide groups is 1. The summed E-state index contributed by atoms with van der Waals surface area (Å²) in [5.74, 6) is -1.16. The van der Waals surface area contributed by atoms with E-state index in [1.807, 2.05) is 0 Å². The standard InChI is InChI=1S/C15H6F4N4O2S2/c16-7-3-1-6(2-4-7)10-8(5-9-11(24)21-14(25)26-9)23-13(20-10)27-12(22-23)15(17,18)19/h1-5H,(H,21,24,25)/b9-5-. The zero-order chi connectivity index (χ0) is 19.3. The topological polar surface area (TPSA) is 76.4 Å². The highest BCUT2D eigenvalue weighted by atomic mass is 32.2. The van der Waals surface area contributed by atoms with Crippen molar-refractivity contribution < 1.29 is 27.2 Å². The van der Waals surface area contributed by atoms with Crippen LogP contribution in [0, 0.1) is 5.82 Å². The van der Waals surface area contributed by atoms with E-state index in [-0.39, 0.29) is 21.3 Å². The molecule has 4 rings (SSSR count). The van der Waals surface area contributed by atoms with Gasteiger partial charge in [-0.05, 0) is 42.1 Å². The maximum atomic E-state index is 13.2. The summed E-state index contributed by atoms with van der Waals surface area (Å²) in [6.45, 7) is 0. The molecule has 0 bridgehead atoms. The number of aromatic nitrogens is 3. The fourth-order valence-corrected chi connectivity index (χ4v) is 3.80. The molecule has 6 nitrogen and oxygen atoms in total. The van der Waals surface area contributed by atoms with Gasteiger partial charge < -0.3 is 0 Å². The predicted octanol–water partition coefficient (Wildman–Crippen LogP) is 3.94. The third kappa shape index (κ3) is 3.21. The average molecular weight is 414 g/mol. The largest absolute Gasteiger partial charge is 0.445 e. The highest BCUT2D eigenvalue weighted by Crippen LogP contribution is 2.36. The molecule has 138 valence electrons. The van der Waals surface area contributed by atoms with Crippen LogP contribution in [0.15, 0.2) is 29.2 Å². The number of fused-ring (bicyclic) bond motifs is 1. The van der Waals surface area contributed by atoms with Gasteiger partial charge in [0.1, 0.15) is 5.82 Å². The molecule has 0 saturated carbocycles. The van der Waals surface area contributed by atoms with Gasteiger partial charge >= 0.3 is 6.18 Å². The van der Waals surface area contributed by atoms with Gasteiger partial charge in [-0.1, -0.05) is 11.3 Å². The van der Waals surface area contributed by atoms with E-state index in [1.54, 1.807) is 0 Å². The van der Waals surface area contributed by atoms with Crippen molar-refractivity contribution in [3.63, 3.8) is 0 Å². The van der Waals surface area contributed by atoms with Gasteiger partial charge in [0.25, 0.3) is 11.1 Å². The van der Waals surface area contributed by atoms with Gasteiger partial charge in [-0.2, -0.15) is 13.2 Å². The molecule has 0 aliphatic carbocycles. The monoisotopic (exact) mass is 414 g/mol. The van der Waals surface area contributed by atoms with Crippen molar-refractivity contribution in [2.75, 3.05) is 0 Å². The normalized spacial score (nSPS) is 16.5. The molecule has 1 saturated heterocycles. The smallest absolute Gasteiger partial charge is 0.282 e. The molecule has 0 spiro atoms. The molecule has 1 aliphatic rings. The molecule has 2 aromatic heterocycles. The van der Waals surface area contributed by atoms with E-state index in [2.05, 4.69) is 15.4 Å². The molecule has 1 N–H and O–H groups in total. The number of carbonyl (C=O) groups excluding carboxylic acids is 2. The number of imidazole rings is 1. The Morgan fingerprint density at radius 2 is 1.85 bits per heavy atom. The molecular weight excluding hydrogens is 408 g/mol. The number of nitrogens with zero attached hydrogens (tertiary/aromatic N) is 3. The number of thioether (sulfide) groups is 1. The third-order valence-corrected chi connectivity index (χ3v) is 5.27. The van der Waals surface area contributed by atoms with Gasteiger partial charge in [0.2, 0.25) is 9.97 Å². The molecule has 2 amide bonds. The van der Waals surface area contributed by atoms with Crippen LogP contribution >= 0.6 is 23.1 Å². The lowest BCUT2D eigenvalue weighted by molar-refractivity contribution is -0.138. The van der Waals surface area contributed by atoms with Gasteiger partial charge in [-0.3, -0.25) is 14.9 Å². The summed E-state index contributed by atoms with van der Waals surface area (Å²) >= 11 is 0.947. The van der Waals surface area contributed by atoms with Crippen LogP contribution in [-0.2, 0) is 11.0 Å². The maximum absolute atomic E-state index is 13.2. The van der Waals surface area contributed by atoms with Crippen molar-refractivity contribution >= 4 is 45.3 Å². The quantitative estimate of drug-likeness (QED) is 0.508. The Morgan fingerprint density at radius 3 is 2.44 bits per heavy atom. The molecule has 27 heavy (non-hydrogen) atoms. The number of halogens is 4. The van der Waals surface area contributed by atoms with E-state index in [9.17, 15) is 27.2 Å². The van der Waals surface area contributed by atoms with E-state index < -0.39 is 28.1 Å². The fraction of sp³-hybridized carbons (Fsp3) is 0.0667. The van der Waals surface area contributed by atoms with E-state index in [0.717, 1.165) is 4.52 Å². The Bertz CT molecular complexity index is 1120. The Morgan fingerprint density at radius 1 is 1.15 bits per heavy atom. The van der Waals surface area contributed by atoms with E-state index in [1.165, 1.54) is 30.3 Å². The molecule has 1 aromatic carbocycles. The van der Waals surface area contributed by atoms with Crippen LogP contribution in [-0.4, -0.2) is 25.7 Å². The van der Waals surface area contributed by atoms with Gasteiger partial charge in [-0.25, -0.2) is 13.9 Å². The summed E-state index contributed by atoms with van der Waals surface area (Å²) in [5.41, 5.74) is 0.711. The molecule has 0 radical (unpaired) electrons. The van der Waals surface area contributed by atoms with Crippen LogP contribution < -0.4 is 5.32 Å². The van der Waals surface area contributed by atoms with Crippen molar-refractivity contribution in [1.82, 2.24) is 19.9 Å². The SMILES string of the molecule is O=C1NC(=O)/C(=C/c2c(-c3ccc(F)cc3)nc3sc(C(F)(F)F)nn23)S1. The summed E-state index contributed by atoms with van der Waals surface area (Å²) in [5, 5.41) is 3.91. The van der Waals surface area contributed by atoms with E-state index in [4.69, 9.17) is 0 Å².